The van der Waals surface area contributed by atoms with E-state index >= 15 is 0 Å². The van der Waals surface area contributed by atoms with Crippen molar-refractivity contribution in [1.82, 2.24) is 25.2 Å². The molecule has 3 rings (SSSR count). The highest BCUT2D eigenvalue weighted by Gasteiger charge is 2.27. The van der Waals surface area contributed by atoms with E-state index in [0.717, 1.165) is 36.6 Å². The Morgan fingerprint density at radius 1 is 1.30 bits per heavy atom. The number of amides is 2. The van der Waals surface area contributed by atoms with Gasteiger partial charge < -0.3 is 20.1 Å². The second-order valence-electron chi connectivity index (χ2n) is 6.86. The van der Waals surface area contributed by atoms with Gasteiger partial charge in [0, 0.05) is 69.0 Å². The first-order valence-corrected chi connectivity index (χ1v) is 9.23. The number of nitrogens with zero attached hydrogens (tertiary/aromatic N) is 4. The predicted molar refractivity (Wildman–Crippen MR) is 102 cm³/mol. The third-order valence-corrected chi connectivity index (χ3v) is 4.71. The van der Waals surface area contributed by atoms with E-state index in [1.165, 1.54) is 6.92 Å². The van der Waals surface area contributed by atoms with Crippen LogP contribution in [-0.2, 0) is 16.0 Å². The summed E-state index contributed by atoms with van der Waals surface area (Å²) in [5.41, 5.74) is 2.94. The van der Waals surface area contributed by atoms with Gasteiger partial charge in [-0.15, -0.1) is 0 Å². The molecule has 0 saturated carbocycles. The Kier molecular flexibility index (Phi) is 6.05. The molecule has 8 heteroatoms. The molecule has 8 nitrogen and oxygen atoms in total. The van der Waals surface area contributed by atoms with Crippen molar-refractivity contribution in [2.24, 2.45) is 0 Å². The first-order chi connectivity index (χ1) is 13.0. The third kappa shape index (κ3) is 5.06. The average Bonchev–Trinajstić information content (AvgIpc) is 3.02. The number of aryl methyl sites for hydroxylation is 1. The minimum Gasteiger partial charge on any atom is -0.370 e. The maximum atomic E-state index is 13.1. The maximum Gasteiger partial charge on any atom is 0.245 e. The summed E-state index contributed by atoms with van der Waals surface area (Å²) >= 11 is 0. The zero-order valence-corrected chi connectivity index (χ0v) is 15.8. The van der Waals surface area contributed by atoms with E-state index in [2.05, 4.69) is 31.2 Å². The van der Waals surface area contributed by atoms with E-state index in [9.17, 15) is 9.59 Å². The number of carbonyl (C=O) groups excluding carboxylic acids is 2. The van der Waals surface area contributed by atoms with Crippen LogP contribution < -0.4 is 10.2 Å². The fourth-order valence-electron chi connectivity index (χ4n) is 3.41. The molecule has 3 heterocycles. The van der Waals surface area contributed by atoms with Crippen LogP contribution in [0.1, 0.15) is 24.7 Å². The first kappa shape index (κ1) is 18.9. The van der Waals surface area contributed by atoms with Crippen LogP contribution in [0.3, 0.4) is 0 Å². The molecule has 2 N–H and O–H groups in total. The van der Waals surface area contributed by atoms with Gasteiger partial charge in [0.15, 0.2) is 0 Å². The standard InChI is InChI=1S/C19H26N6O2/c1-14-10-17(4-5-21-14)24-6-3-7-25(9-8-24)19(27)18(23-15(2)26)11-16-12-20-13-22-16/h4-5,10,12-13,18H,3,6-9,11H2,1-2H3,(H,20,22)(H,23,26)/t18-/m0/s1. The number of pyridine rings is 1. The molecule has 27 heavy (non-hydrogen) atoms. The van der Waals surface area contributed by atoms with E-state index in [-0.39, 0.29) is 11.8 Å². The molecule has 0 spiro atoms. The zero-order chi connectivity index (χ0) is 19.2. The van der Waals surface area contributed by atoms with Gasteiger partial charge in [0.25, 0.3) is 0 Å². The van der Waals surface area contributed by atoms with Crippen molar-refractivity contribution in [3.63, 3.8) is 0 Å². The van der Waals surface area contributed by atoms with Gasteiger partial charge in [0.2, 0.25) is 11.8 Å². The molecule has 1 aliphatic heterocycles. The zero-order valence-electron chi connectivity index (χ0n) is 15.8. The van der Waals surface area contributed by atoms with Crippen molar-refractivity contribution in [3.8, 4) is 0 Å². The highest BCUT2D eigenvalue weighted by molar-refractivity contribution is 5.87. The number of rotatable bonds is 5. The molecule has 2 amide bonds. The lowest BCUT2D eigenvalue weighted by molar-refractivity contribution is -0.135. The number of aromatic amines is 1. The molecular weight excluding hydrogens is 344 g/mol. The monoisotopic (exact) mass is 370 g/mol. The Morgan fingerprint density at radius 3 is 2.85 bits per heavy atom. The van der Waals surface area contributed by atoms with Gasteiger partial charge in [-0.2, -0.15) is 0 Å². The molecule has 1 fully saturated rings. The predicted octanol–water partition coefficient (Wildman–Crippen LogP) is 0.899. The van der Waals surface area contributed by atoms with Crippen LogP contribution in [0.4, 0.5) is 5.69 Å². The number of hydrogen-bond donors (Lipinski definition) is 2. The number of carbonyl (C=O) groups is 2. The summed E-state index contributed by atoms with van der Waals surface area (Å²) in [7, 11) is 0. The largest absolute Gasteiger partial charge is 0.370 e. The summed E-state index contributed by atoms with van der Waals surface area (Å²) in [6.07, 6.45) is 6.35. The molecule has 2 aromatic rings. The van der Waals surface area contributed by atoms with Gasteiger partial charge in [0.1, 0.15) is 6.04 Å². The molecule has 0 aliphatic carbocycles. The van der Waals surface area contributed by atoms with Crippen LogP contribution in [0, 0.1) is 6.92 Å². The molecule has 144 valence electrons. The van der Waals surface area contributed by atoms with Crippen molar-refractivity contribution in [1.29, 1.82) is 0 Å². The first-order valence-electron chi connectivity index (χ1n) is 9.23. The Hall–Kier alpha value is -2.90. The smallest absolute Gasteiger partial charge is 0.245 e. The van der Waals surface area contributed by atoms with Gasteiger partial charge in [-0.25, -0.2) is 4.98 Å². The van der Waals surface area contributed by atoms with E-state index in [0.29, 0.717) is 19.5 Å². The van der Waals surface area contributed by atoms with Gasteiger partial charge >= 0.3 is 0 Å². The molecule has 1 atom stereocenters. The van der Waals surface area contributed by atoms with E-state index in [4.69, 9.17) is 0 Å². The topological polar surface area (TPSA) is 94.2 Å². The van der Waals surface area contributed by atoms with Gasteiger partial charge in [-0.3, -0.25) is 14.6 Å². The number of imidazole rings is 1. The molecule has 0 radical (unpaired) electrons. The van der Waals surface area contributed by atoms with Crippen molar-refractivity contribution in [2.75, 3.05) is 31.1 Å². The normalized spacial score (nSPS) is 15.9. The summed E-state index contributed by atoms with van der Waals surface area (Å²) in [5, 5.41) is 2.79. The average molecular weight is 370 g/mol. The highest BCUT2D eigenvalue weighted by Crippen LogP contribution is 2.17. The van der Waals surface area contributed by atoms with Crippen LogP contribution in [0.2, 0.25) is 0 Å². The Morgan fingerprint density at radius 2 is 2.15 bits per heavy atom. The number of aromatic nitrogens is 3. The summed E-state index contributed by atoms with van der Waals surface area (Å²) in [6, 6.07) is 3.48. The van der Waals surface area contributed by atoms with Crippen LogP contribution in [0.15, 0.2) is 30.9 Å². The van der Waals surface area contributed by atoms with Gasteiger partial charge in [-0.1, -0.05) is 0 Å². The second kappa shape index (κ2) is 8.66. The highest BCUT2D eigenvalue weighted by atomic mass is 16.2. The SMILES string of the molecule is CC(=O)N[C@@H](Cc1cnc[nH]1)C(=O)N1CCCN(c2ccnc(C)c2)CC1. The lowest BCUT2D eigenvalue weighted by Crippen LogP contribution is -2.50. The second-order valence-corrected chi connectivity index (χ2v) is 6.86. The maximum absolute atomic E-state index is 13.1. The lowest BCUT2D eigenvalue weighted by Gasteiger charge is -2.27. The lowest BCUT2D eigenvalue weighted by atomic mass is 10.1. The number of H-pyrrole nitrogens is 1. The minimum absolute atomic E-state index is 0.0486. The summed E-state index contributed by atoms with van der Waals surface area (Å²) < 4.78 is 0. The third-order valence-electron chi connectivity index (χ3n) is 4.71. The Balaban J connectivity index is 1.66. The fraction of sp³-hybridized carbons (Fsp3) is 0.474. The van der Waals surface area contributed by atoms with Crippen LogP contribution in [0.25, 0.3) is 0 Å². The molecule has 0 bridgehead atoms. The minimum atomic E-state index is -0.585. The summed E-state index contributed by atoms with van der Waals surface area (Å²) in [6.45, 7) is 6.36. The molecule has 1 aliphatic rings. The molecular formula is C19H26N6O2. The van der Waals surface area contributed by atoms with Crippen molar-refractivity contribution >= 4 is 17.5 Å². The Bertz CT molecular complexity index is 776. The van der Waals surface area contributed by atoms with E-state index < -0.39 is 6.04 Å². The van der Waals surface area contributed by atoms with Crippen LogP contribution >= 0.6 is 0 Å². The van der Waals surface area contributed by atoms with E-state index in [1.54, 1.807) is 12.5 Å². The fourth-order valence-corrected chi connectivity index (χ4v) is 3.41. The van der Waals surface area contributed by atoms with E-state index in [1.807, 2.05) is 24.1 Å². The summed E-state index contributed by atoms with van der Waals surface area (Å²) in [4.78, 5) is 40.0. The summed E-state index contributed by atoms with van der Waals surface area (Å²) in [5.74, 6) is -0.260. The molecule has 0 aromatic carbocycles. The quantitative estimate of drug-likeness (QED) is 0.816. The molecule has 2 aromatic heterocycles. The number of hydrogen-bond acceptors (Lipinski definition) is 5. The van der Waals surface area contributed by atoms with Gasteiger partial charge in [-0.05, 0) is 25.5 Å². The van der Waals surface area contributed by atoms with Crippen molar-refractivity contribution in [3.05, 3.63) is 42.2 Å². The van der Waals surface area contributed by atoms with Crippen molar-refractivity contribution < 1.29 is 9.59 Å². The van der Waals surface area contributed by atoms with Crippen molar-refractivity contribution in [2.45, 2.75) is 32.7 Å². The van der Waals surface area contributed by atoms with Crippen LogP contribution in [0.5, 0.6) is 0 Å². The molecule has 1 saturated heterocycles. The number of nitrogens with one attached hydrogen (secondary N) is 2. The Labute approximate surface area is 159 Å². The molecule has 0 unspecified atom stereocenters. The van der Waals surface area contributed by atoms with Gasteiger partial charge in [0.05, 0.1) is 6.33 Å². The van der Waals surface area contributed by atoms with Crippen LogP contribution in [-0.4, -0.2) is 63.9 Å². The number of anilines is 1.